The van der Waals surface area contributed by atoms with Gasteiger partial charge < -0.3 is 9.47 Å². The van der Waals surface area contributed by atoms with Gasteiger partial charge in [0, 0.05) is 49.3 Å². The van der Waals surface area contributed by atoms with Crippen LogP contribution in [-0.4, -0.2) is 42.2 Å². The van der Waals surface area contributed by atoms with Crippen molar-refractivity contribution in [1.29, 1.82) is 0 Å². The normalized spacial score (nSPS) is 14.1. The van der Waals surface area contributed by atoms with Crippen molar-refractivity contribution in [3.05, 3.63) is 71.2 Å². The van der Waals surface area contributed by atoms with Crippen LogP contribution in [0.4, 0.5) is 0 Å². The fourth-order valence-electron chi connectivity index (χ4n) is 3.99. The number of aryl methyl sites for hydroxylation is 1. The van der Waals surface area contributed by atoms with Gasteiger partial charge in [-0.25, -0.2) is 9.97 Å². The Morgan fingerprint density at radius 2 is 1.47 bits per heavy atom. The molecule has 0 amide bonds. The van der Waals surface area contributed by atoms with Gasteiger partial charge in [0.1, 0.15) is 17.3 Å². The summed E-state index contributed by atoms with van der Waals surface area (Å²) in [5.41, 5.74) is 6.00. The third-order valence-corrected chi connectivity index (χ3v) is 5.73. The van der Waals surface area contributed by atoms with E-state index in [1.54, 1.807) is 14.2 Å². The maximum absolute atomic E-state index is 5.32. The SMILES string of the molecule is CCc1nc2c(c(-c3ccc(OC)cc3)n1)CCN(Cc1ccc(OC)cc1)CC2. The molecule has 2 aromatic carbocycles. The summed E-state index contributed by atoms with van der Waals surface area (Å²) in [4.78, 5) is 12.3. The molecule has 0 bridgehead atoms. The molecule has 30 heavy (non-hydrogen) atoms. The Balaban J connectivity index is 1.58. The lowest BCUT2D eigenvalue weighted by molar-refractivity contribution is 0.279. The Hall–Kier alpha value is -2.92. The minimum absolute atomic E-state index is 0.839. The number of nitrogens with zero attached hydrogens (tertiary/aromatic N) is 3. The van der Waals surface area contributed by atoms with E-state index in [2.05, 4.69) is 36.1 Å². The average Bonchev–Trinajstić information content (AvgIpc) is 3.01. The van der Waals surface area contributed by atoms with Crippen molar-refractivity contribution >= 4 is 0 Å². The van der Waals surface area contributed by atoms with Crippen LogP contribution >= 0.6 is 0 Å². The van der Waals surface area contributed by atoms with Crippen LogP contribution in [0.1, 0.15) is 29.6 Å². The molecule has 5 heteroatoms. The van der Waals surface area contributed by atoms with Gasteiger partial charge in [0.15, 0.2) is 0 Å². The Bertz CT molecular complexity index is 985. The lowest BCUT2D eigenvalue weighted by Gasteiger charge is -2.19. The molecule has 0 spiro atoms. The summed E-state index contributed by atoms with van der Waals surface area (Å²) >= 11 is 0. The van der Waals surface area contributed by atoms with E-state index < -0.39 is 0 Å². The summed E-state index contributed by atoms with van der Waals surface area (Å²) in [6, 6.07) is 16.6. The third-order valence-electron chi connectivity index (χ3n) is 5.73. The number of rotatable bonds is 6. The second kappa shape index (κ2) is 9.26. The number of ether oxygens (including phenoxy) is 2. The van der Waals surface area contributed by atoms with E-state index in [1.807, 2.05) is 24.3 Å². The van der Waals surface area contributed by atoms with Crippen LogP contribution in [0, 0.1) is 0 Å². The molecule has 0 fully saturated rings. The van der Waals surface area contributed by atoms with Gasteiger partial charge in [0.2, 0.25) is 0 Å². The summed E-state index contributed by atoms with van der Waals surface area (Å²) in [5.74, 6) is 2.68. The van der Waals surface area contributed by atoms with Crippen molar-refractivity contribution in [2.24, 2.45) is 0 Å². The molecule has 0 N–H and O–H groups in total. The van der Waals surface area contributed by atoms with Crippen LogP contribution in [-0.2, 0) is 25.8 Å². The van der Waals surface area contributed by atoms with Crippen molar-refractivity contribution in [3.8, 4) is 22.8 Å². The lowest BCUT2D eigenvalue weighted by Crippen LogP contribution is -2.25. The first-order chi connectivity index (χ1) is 14.7. The molecule has 4 rings (SSSR count). The summed E-state index contributed by atoms with van der Waals surface area (Å²) in [6.07, 6.45) is 2.74. The Morgan fingerprint density at radius 3 is 2.10 bits per heavy atom. The van der Waals surface area contributed by atoms with E-state index in [4.69, 9.17) is 19.4 Å². The van der Waals surface area contributed by atoms with E-state index in [9.17, 15) is 0 Å². The highest BCUT2D eigenvalue weighted by atomic mass is 16.5. The number of benzene rings is 2. The minimum Gasteiger partial charge on any atom is -0.497 e. The predicted molar refractivity (Wildman–Crippen MR) is 119 cm³/mol. The molecule has 2 heterocycles. The van der Waals surface area contributed by atoms with Crippen molar-refractivity contribution in [2.45, 2.75) is 32.7 Å². The molecule has 0 saturated heterocycles. The van der Waals surface area contributed by atoms with Gasteiger partial charge in [-0.3, -0.25) is 4.90 Å². The van der Waals surface area contributed by atoms with Gasteiger partial charge in [-0.2, -0.15) is 0 Å². The summed E-state index contributed by atoms with van der Waals surface area (Å²) in [7, 11) is 3.39. The molecular formula is C25H29N3O2. The van der Waals surface area contributed by atoms with Crippen molar-refractivity contribution in [1.82, 2.24) is 14.9 Å². The molecule has 1 aliphatic heterocycles. The van der Waals surface area contributed by atoms with Crippen LogP contribution in [0.5, 0.6) is 11.5 Å². The number of methoxy groups -OCH3 is 2. The molecular weight excluding hydrogens is 374 g/mol. The highest BCUT2D eigenvalue weighted by Gasteiger charge is 2.21. The van der Waals surface area contributed by atoms with Crippen molar-refractivity contribution < 1.29 is 9.47 Å². The molecule has 1 aromatic heterocycles. The van der Waals surface area contributed by atoms with Gasteiger partial charge in [-0.15, -0.1) is 0 Å². The molecule has 3 aromatic rings. The second-order valence-electron chi connectivity index (χ2n) is 7.62. The van der Waals surface area contributed by atoms with Crippen LogP contribution in [0.25, 0.3) is 11.3 Å². The van der Waals surface area contributed by atoms with E-state index in [-0.39, 0.29) is 0 Å². The molecule has 0 aliphatic carbocycles. The second-order valence-corrected chi connectivity index (χ2v) is 7.62. The minimum atomic E-state index is 0.839. The number of aromatic nitrogens is 2. The third kappa shape index (κ3) is 4.46. The van der Waals surface area contributed by atoms with Crippen LogP contribution in [0.15, 0.2) is 48.5 Å². The van der Waals surface area contributed by atoms with Crippen molar-refractivity contribution in [3.63, 3.8) is 0 Å². The number of hydrogen-bond donors (Lipinski definition) is 0. The molecule has 1 aliphatic rings. The molecule has 5 nitrogen and oxygen atoms in total. The molecule has 0 unspecified atom stereocenters. The maximum Gasteiger partial charge on any atom is 0.129 e. The summed E-state index contributed by atoms with van der Waals surface area (Å²) in [5, 5.41) is 0. The molecule has 0 atom stereocenters. The first-order valence-corrected chi connectivity index (χ1v) is 10.6. The highest BCUT2D eigenvalue weighted by molar-refractivity contribution is 5.65. The molecule has 0 radical (unpaired) electrons. The number of fused-ring (bicyclic) bond motifs is 1. The van der Waals surface area contributed by atoms with Crippen LogP contribution in [0.3, 0.4) is 0 Å². The Morgan fingerprint density at radius 1 is 0.833 bits per heavy atom. The topological polar surface area (TPSA) is 47.5 Å². The summed E-state index contributed by atoms with van der Waals surface area (Å²) < 4.78 is 10.6. The summed E-state index contributed by atoms with van der Waals surface area (Å²) in [6.45, 7) is 5.05. The zero-order valence-electron chi connectivity index (χ0n) is 18.0. The monoisotopic (exact) mass is 403 g/mol. The first kappa shape index (κ1) is 20.4. The van der Waals surface area contributed by atoms with Gasteiger partial charge in [-0.05, 0) is 48.4 Å². The van der Waals surface area contributed by atoms with Gasteiger partial charge in [0.05, 0.1) is 19.9 Å². The zero-order valence-corrected chi connectivity index (χ0v) is 18.0. The Labute approximate surface area is 178 Å². The highest BCUT2D eigenvalue weighted by Crippen LogP contribution is 2.28. The first-order valence-electron chi connectivity index (χ1n) is 10.6. The van der Waals surface area contributed by atoms with E-state index in [1.165, 1.54) is 16.8 Å². The van der Waals surface area contributed by atoms with Gasteiger partial charge in [-0.1, -0.05) is 19.1 Å². The number of hydrogen-bond acceptors (Lipinski definition) is 5. The molecule has 156 valence electrons. The van der Waals surface area contributed by atoms with E-state index in [0.29, 0.717) is 0 Å². The maximum atomic E-state index is 5.32. The quantitative estimate of drug-likeness (QED) is 0.613. The smallest absolute Gasteiger partial charge is 0.129 e. The van der Waals surface area contributed by atoms with Crippen LogP contribution in [0.2, 0.25) is 0 Å². The van der Waals surface area contributed by atoms with Gasteiger partial charge >= 0.3 is 0 Å². The van der Waals surface area contributed by atoms with Crippen LogP contribution < -0.4 is 9.47 Å². The van der Waals surface area contributed by atoms with E-state index in [0.717, 1.165) is 67.5 Å². The largest absolute Gasteiger partial charge is 0.497 e. The standard InChI is InChI=1S/C25H29N3O2/c1-4-24-26-23-14-16-28(17-18-5-9-20(29-2)10-6-18)15-13-22(23)25(27-24)19-7-11-21(30-3)12-8-19/h5-12H,4,13-17H2,1-3H3. The zero-order chi connectivity index (χ0) is 20.9. The van der Waals surface area contributed by atoms with Crippen molar-refractivity contribution in [2.75, 3.05) is 27.3 Å². The van der Waals surface area contributed by atoms with Gasteiger partial charge in [0.25, 0.3) is 0 Å². The Kier molecular flexibility index (Phi) is 6.29. The molecule has 0 saturated carbocycles. The lowest BCUT2D eigenvalue weighted by atomic mass is 10.0. The fourth-order valence-corrected chi connectivity index (χ4v) is 3.99. The van der Waals surface area contributed by atoms with E-state index >= 15 is 0 Å². The average molecular weight is 404 g/mol. The predicted octanol–water partition coefficient (Wildman–Crippen LogP) is 4.32. The fraction of sp³-hybridized carbons (Fsp3) is 0.360.